The summed E-state index contributed by atoms with van der Waals surface area (Å²) in [6.45, 7) is 1.94. The number of carbonyl (C=O) groups is 1. The first-order chi connectivity index (χ1) is 7.49. The minimum atomic E-state index is -0.955. The number of hydrogen-bond donors (Lipinski definition) is 4. The average molecular weight is 228 g/mol. The fraction of sp³-hybridized carbons (Fsp3) is 0.300. The van der Waals surface area contributed by atoms with Gasteiger partial charge in [0.25, 0.3) is 0 Å². The topological polar surface area (TPSA) is 107 Å². The van der Waals surface area contributed by atoms with Crippen LogP contribution in [0.1, 0.15) is 23.7 Å². The summed E-state index contributed by atoms with van der Waals surface area (Å²) in [4.78, 5) is 11.4. The maximum atomic E-state index is 11.4. The van der Waals surface area contributed by atoms with Crippen LogP contribution in [0.15, 0.2) is 6.07 Å². The van der Waals surface area contributed by atoms with Crippen LogP contribution in [0.5, 0.6) is 23.0 Å². The Balaban J connectivity index is 3.10. The molecule has 16 heavy (non-hydrogen) atoms. The predicted octanol–water partition coefficient (Wildman–Crippen LogP) is 1.08. The molecule has 0 fully saturated rings. The van der Waals surface area contributed by atoms with E-state index in [2.05, 4.69) is 0 Å². The van der Waals surface area contributed by atoms with Gasteiger partial charge in [0.05, 0.1) is 6.61 Å². The molecule has 0 unspecified atom stereocenters. The summed E-state index contributed by atoms with van der Waals surface area (Å²) in [6.07, 6.45) is 0.600. The van der Waals surface area contributed by atoms with E-state index in [1.54, 1.807) is 6.92 Å². The van der Waals surface area contributed by atoms with Gasteiger partial charge in [-0.15, -0.1) is 0 Å². The van der Waals surface area contributed by atoms with Gasteiger partial charge < -0.3 is 25.2 Å². The lowest BCUT2D eigenvalue weighted by molar-refractivity contribution is 0.0500. The Morgan fingerprint density at radius 3 is 2.38 bits per heavy atom. The van der Waals surface area contributed by atoms with E-state index < -0.39 is 34.5 Å². The molecule has 0 aliphatic heterocycles. The molecule has 6 heteroatoms. The van der Waals surface area contributed by atoms with Crippen LogP contribution >= 0.6 is 0 Å². The summed E-state index contributed by atoms with van der Waals surface area (Å²) in [6, 6.07) is 0.822. The van der Waals surface area contributed by atoms with Gasteiger partial charge in [-0.3, -0.25) is 0 Å². The van der Waals surface area contributed by atoms with Crippen LogP contribution in [0.3, 0.4) is 0 Å². The van der Waals surface area contributed by atoms with Crippen LogP contribution in [0.2, 0.25) is 0 Å². The van der Waals surface area contributed by atoms with Crippen molar-refractivity contribution in [3.8, 4) is 23.0 Å². The summed E-state index contributed by atoms with van der Waals surface area (Å²) < 4.78 is 4.71. The monoisotopic (exact) mass is 228 g/mol. The third kappa shape index (κ3) is 2.10. The number of aromatic hydroxyl groups is 4. The predicted molar refractivity (Wildman–Crippen MR) is 53.7 cm³/mol. The largest absolute Gasteiger partial charge is 0.504 e. The molecule has 0 aliphatic carbocycles. The van der Waals surface area contributed by atoms with Crippen LogP contribution in [0.4, 0.5) is 0 Å². The summed E-state index contributed by atoms with van der Waals surface area (Å²) in [5, 5.41) is 36.7. The van der Waals surface area contributed by atoms with E-state index in [1.807, 2.05) is 0 Å². The summed E-state index contributed by atoms with van der Waals surface area (Å²) in [5.41, 5.74) is -0.402. The van der Waals surface area contributed by atoms with Gasteiger partial charge in [0.1, 0.15) is 5.56 Å². The smallest absolute Gasteiger partial charge is 0.342 e. The van der Waals surface area contributed by atoms with Gasteiger partial charge in [-0.1, -0.05) is 6.92 Å². The van der Waals surface area contributed by atoms with Gasteiger partial charge in [0.15, 0.2) is 11.5 Å². The lowest BCUT2D eigenvalue weighted by Gasteiger charge is -2.08. The molecule has 0 bridgehead atoms. The molecule has 1 aromatic carbocycles. The van der Waals surface area contributed by atoms with Crippen molar-refractivity contribution in [3.05, 3.63) is 11.6 Å². The Kier molecular flexibility index (Phi) is 3.44. The maximum Gasteiger partial charge on any atom is 0.342 e. The molecule has 0 aliphatic rings. The van der Waals surface area contributed by atoms with Gasteiger partial charge in [0, 0.05) is 6.07 Å². The average Bonchev–Trinajstić information content (AvgIpc) is 2.28. The molecule has 0 saturated heterocycles. The van der Waals surface area contributed by atoms with E-state index in [0.29, 0.717) is 6.42 Å². The van der Waals surface area contributed by atoms with E-state index in [9.17, 15) is 15.0 Å². The molecule has 4 N–H and O–H groups in total. The molecule has 88 valence electrons. The fourth-order valence-corrected chi connectivity index (χ4v) is 1.06. The number of ether oxygens (including phenoxy) is 1. The number of rotatable bonds is 3. The highest BCUT2D eigenvalue weighted by atomic mass is 16.5. The van der Waals surface area contributed by atoms with Crippen molar-refractivity contribution in [1.29, 1.82) is 0 Å². The van der Waals surface area contributed by atoms with Crippen molar-refractivity contribution in [2.75, 3.05) is 6.61 Å². The van der Waals surface area contributed by atoms with E-state index in [1.165, 1.54) is 0 Å². The molecule has 1 rings (SSSR count). The van der Waals surface area contributed by atoms with E-state index in [0.717, 1.165) is 6.07 Å². The quantitative estimate of drug-likeness (QED) is 0.350. The molecule has 0 atom stereocenters. The van der Waals surface area contributed by atoms with Crippen molar-refractivity contribution >= 4 is 5.97 Å². The van der Waals surface area contributed by atoms with E-state index in [-0.39, 0.29) is 6.61 Å². The highest BCUT2D eigenvalue weighted by molar-refractivity contribution is 5.94. The second-order valence-electron chi connectivity index (χ2n) is 3.12. The third-order valence-corrected chi connectivity index (χ3v) is 1.88. The zero-order valence-corrected chi connectivity index (χ0v) is 8.60. The van der Waals surface area contributed by atoms with Crippen molar-refractivity contribution in [1.82, 2.24) is 0 Å². The highest BCUT2D eigenvalue weighted by Gasteiger charge is 2.21. The molecular formula is C10H12O6. The van der Waals surface area contributed by atoms with Gasteiger partial charge >= 0.3 is 5.97 Å². The van der Waals surface area contributed by atoms with Gasteiger partial charge in [-0.25, -0.2) is 4.79 Å². The number of hydrogen-bond acceptors (Lipinski definition) is 6. The summed E-state index contributed by atoms with van der Waals surface area (Å²) in [5.74, 6) is -4.26. The zero-order valence-electron chi connectivity index (χ0n) is 8.60. The molecule has 0 radical (unpaired) electrons. The fourth-order valence-electron chi connectivity index (χ4n) is 1.06. The Bertz CT molecular complexity index is 412. The molecule has 0 saturated carbocycles. The van der Waals surface area contributed by atoms with Crippen molar-refractivity contribution < 1.29 is 30.0 Å². The third-order valence-electron chi connectivity index (χ3n) is 1.88. The van der Waals surface area contributed by atoms with Crippen LogP contribution in [0.25, 0.3) is 0 Å². The van der Waals surface area contributed by atoms with Crippen molar-refractivity contribution in [2.45, 2.75) is 13.3 Å². The van der Waals surface area contributed by atoms with Crippen LogP contribution in [0, 0.1) is 0 Å². The van der Waals surface area contributed by atoms with Crippen LogP contribution in [-0.2, 0) is 4.74 Å². The molecule has 1 aromatic rings. The first-order valence-corrected chi connectivity index (χ1v) is 4.63. The van der Waals surface area contributed by atoms with Gasteiger partial charge in [0.2, 0.25) is 11.5 Å². The Hall–Kier alpha value is -2.11. The van der Waals surface area contributed by atoms with Crippen LogP contribution in [-0.4, -0.2) is 33.0 Å². The SMILES string of the molecule is CCCOC(=O)c1cc(O)c(O)c(O)c1O. The number of benzene rings is 1. The number of phenols is 4. The van der Waals surface area contributed by atoms with Gasteiger partial charge in [-0.05, 0) is 6.42 Å². The Labute approximate surface area is 91.3 Å². The minimum absolute atomic E-state index is 0.153. The molecular weight excluding hydrogens is 216 g/mol. The van der Waals surface area contributed by atoms with Crippen LogP contribution < -0.4 is 0 Å². The van der Waals surface area contributed by atoms with E-state index in [4.69, 9.17) is 14.9 Å². The molecule has 0 aromatic heterocycles. The lowest BCUT2D eigenvalue weighted by atomic mass is 10.1. The summed E-state index contributed by atoms with van der Waals surface area (Å²) in [7, 11) is 0. The first kappa shape index (κ1) is 12.0. The summed E-state index contributed by atoms with van der Waals surface area (Å²) >= 11 is 0. The second kappa shape index (κ2) is 4.61. The Morgan fingerprint density at radius 2 is 1.81 bits per heavy atom. The molecule has 0 heterocycles. The van der Waals surface area contributed by atoms with E-state index >= 15 is 0 Å². The van der Waals surface area contributed by atoms with Gasteiger partial charge in [-0.2, -0.15) is 0 Å². The molecule has 0 amide bonds. The Morgan fingerprint density at radius 1 is 1.19 bits per heavy atom. The minimum Gasteiger partial charge on any atom is -0.504 e. The highest BCUT2D eigenvalue weighted by Crippen LogP contribution is 2.43. The first-order valence-electron chi connectivity index (χ1n) is 4.63. The van der Waals surface area contributed by atoms with Crippen molar-refractivity contribution in [3.63, 3.8) is 0 Å². The molecule has 0 spiro atoms. The number of esters is 1. The normalized spacial score (nSPS) is 10.1. The maximum absolute atomic E-state index is 11.4. The second-order valence-corrected chi connectivity index (χ2v) is 3.12. The number of carbonyl (C=O) groups excluding carboxylic acids is 1. The van der Waals surface area contributed by atoms with Crippen molar-refractivity contribution in [2.24, 2.45) is 0 Å². The number of phenolic OH excluding ortho intramolecular Hbond substituents is 4. The molecule has 6 nitrogen and oxygen atoms in total. The lowest BCUT2D eigenvalue weighted by Crippen LogP contribution is -2.06. The zero-order chi connectivity index (χ0) is 12.3. The standard InChI is InChI=1S/C10H12O6/c1-2-3-16-10(15)5-4-6(11)8(13)9(14)7(5)12/h4,11-14H,2-3H2,1H3.